The van der Waals surface area contributed by atoms with Crippen molar-refractivity contribution >= 4 is 11.4 Å². The fourth-order valence-corrected chi connectivity index (χ4v) is 1.64. The smallest absolute Gasteiger partial charge is 0.0681 e. The fourth-order valence-electron chi connectivity index (χ4n) is 1.64. The Labute approximate surface area is 101 Å². The monoisotopic (exact) mass is 228 g/mol. The van der Waals surface area contributed by atoms with Gasteiger partial charge in [-0.15, -0.1) is 0 Å². The van der Waals surface area contributed by atoms with E-state index in [0.29, 0.717) is 0 Å². The molecule has 0 saturated heterocycles. The molecule has 88 valence electrons. The van der Waals surface area contributed by atoms with Crippen molar-refractivity contribution in [2.45, 2.75) is 13.2 Å². The quantitative estimate of drug-likeness (QED) is 0.704. The van der Waals surface area contributed by atoms with Gasteiger partial charge in [0.2, 0.25) is 0 Å². The maximum Gasteiger partial charge on any atom is 0.0681 e. The summed E-state index contributed by atoms with van der Waals surface area (Å²) in [6.07, 6.45) is 0. The fraction of sp³-hybridized carbons (Fsp3) is 0.143. The van der Waals surface area contributed by atoms with Crippen LogP contribution in [0.2, 0.25) is 0 Å². The highest BCUT2D eigenvalue weighted by molar-refractivity contribution is 5.51. The zero-order chi connectivity index (χ0) is 12.1. The first-order valence-electron chi connectivity index (χ1n) is 5.56. The number of hydrogen-bond acceptors (Lipinski definition) is 3. The van der Waals surface area contributed by atoms with Gasteiger partial charge in [0.15, 0.2) is 0 Å². The number of nitrogens with one attached hydrogen (secondary N) is 1. The average Bonchev–Trinajstić information content (AvgIpc) is 2.38. The van der Waals surface area contributed by atoms with Crippen LogP contribution in [0.1, 0.15) is 11.1 Å². The van der Waals surface area contributed by atoms with Gasteiger partial charge in [0.05, 0.1) is 6.61 Å². The zero-order valence-electron chi connectivity index (χ0n) is 9.56. The zero-order valence-corrected chi connectivity index (χ0v) is 9.56. The molecule has 0 aliphatic carbocycles. The first kappa shape index (κ1) is 11.5. The second-order valence-corrected chi connectivity index (χ2v) is 3.95. The SMILES string of the molecule is Nc1ccc(NCc2cccc(CO)c2)cc1. The summed E-state index contributed by atoms with van der Waals surface area (Å²) in [4.78, 5) is 0. The lowest BCUT2D eigenvalue weighted by molar-refractivity contribution is 0.281. The van der Waals surface area contributed by atoms with Crippen LogP contribution >= 0.6 is 0 Å². The number of nitrogen functional groups attached to an aromatic ring is 1. The summed E-state index contributed by atoms with van der Waals surface area (Å²) >= 11 is 0. The Kier molecular flexibility index (Phi) is 3.62. The number of aliphatic hydroxyl groups is 1. The Morgan fingerprint density at radius 3 is 2.41 bits per heavy atom. The molecule has 0 fully saturated rings. The molecule has 17 heavy (non-hydrogen) atoms. The van der Waals surface area contributed by atoms with E-state index in [4.69, 9.17) is 10.8 Å². The van der Waals surface area contributed by atoms with E-state index in [9.17, 15) is 0 Å². The van der Waals surface area contributed by atoms with Crippen LogP contribution in [0.4, 0.5) is 11.4 Å². The normalized spacial score (nSPS) is 10.2. The molecule has 3 heteroatoms. The van der Waals surface area contributed by atoms with Gasteiger partial charge in [-0.25, -0.2) is 0 Å². The summed E-state index contributed by atoms with van der Waals surface area (Å²) in [5.74, 6) is 0. The third-order valence-corrected chi connectivity index (χ3v) is 2.58. The van der Waals surface area contributed by atoms with Crippen LogP contribution in [0.15, 0.2) is 48.5 Å². The molecule has 0 heterocycles. The third kappa shape index (κ3) is 3.23. The molecule has 0 radical (unpaired) electrons. The van der Waals surface area contributed by atoms with E-state index in [1.165, 1.54) is 0 Å². The van der Waals surface area contributed by atoms with Crippen LogP contribution in [0.5, 0.6) is 0 Å². The maximum atomic E-state index is 9.04. The lowest BCUT2D eigenvalue weighted by atomic mass is 10.1. The summed E-state index contributed by atoms with van der Waals surface area (Å²) in [6.45, 7) is 0.813. The highest BCUT2D eigenvalue weighted by Gasteiger charge is 1.96. The molecule has 0 bridgehead atoms. The van der Waals surface area contributed by atoms with E-state index in [2.05, 4.69) is 5.32 Å². The first-order chi connectivity index (χ1) is 8.28. The minimum absolute atomic E-state index is 0.0791. The topological polar surface area (TPSA) is 58.3 Å². The highest BCUT2D eigenvalue weighted by Crippen LogP contribution is 2.12. The largest absolute Gasteiger partial charge is 0.399 e. The van der Waals surface area contributed by atoms with Crippen molar-refractivity contribution in [3.8, 4) is 0 Å². The molecule has 2 aromatic carbocycles. The maximum absolute atomic E-state index is 9.04. The minimum atomic E-state index is 0.0791. The summed E-state index contributed by atoms with van der Waals surface area (Å²) < 4.78 is 0. The number of rotatable bonds is 4. The Balaban J connectivity index is 1.99. The number of anilines is 2. The lowest BCUT2D eigenvalue weighted by Crippen LogP contribution is -2.00. The first-order valence-corrected chi connectivity index (χ1v) is 5.56. The van der Waals surface area contributed by atoms with E-state index in [1.807, 2.05) is 48.5 Å². The predicted octanol–water partition coefficient (Wildman–Crippen LogP) is 2.37. The molecule has 0 spiro atoms. The number of benzene rings is 2. The van der Waals surface area contributed by atoms with Gasteiger partial charge in [-0.3, -0.25) is 0 Å². The van der Waals surface area contributed by atoms with Gasteiger partial charge < -0.3 is 16.2 Å². The second kappa shape index (κ2) is 5.37. The number of nitrogens with two attached hydrogens (primary N) is 1. The molecular formula is C14H16N2O. The van der Waals surface area contributed by atoms with Crippen molar-refractivity contribution in [1.82, 2.24) is 0 Å². The van der Waals surface area contributed by atoms with E-state index < -0.39 is 0 Å². The van der Waals surface area contributed by atoms with Crippen LogP contribution in [0, 0.1) is 0 Å². The van der Waals surface area contributed by atoms with Crippen molar-refractivity contribution in [2.24, 2.45) is 0 Å². The van der Waals surface area contributed by atoms with Crippen LogP contribution in [-0.2, 0) is 13.2 Å². The molecule has 2 rings (SSSR count). The molecule has 2 aromatic rings. The number of aliphatic hydroxyl groups excluding tert-OH is 1. The summed E-state index contributed by atoms with van der Waals surface area (Å²) in [6, 6.07) is 15.5. The van der Waals surface area contributed by atoms with Crippen LogP contribution in [0.3, 0.4) is 0 Å². The molecule has 0 aromatic heterocycles. The molecule has 0 saturated carbocycles. The van der Waals surface area contributed by atoms with E-state index in [1.54, 1.807) is 0 Å². The van der Waals surface area contributed by atoms with Crippen molar-refractivity contribution in [1.29, 1.82) is 0 Å². The second-order valence-electron chi connectivity index (χ2n) is 3.95. The highest BCUT2D eigenvalue weighted by atomic mass is 16.3. The van der Waals surface area contributed by atoms with Gasteiger partial charge in [-0.1, -0.05) is 24.3 Å². The van der Waals surface area contributed by atoms with Crippen LogP contribution < -0.4 is 11.1 Å². The number of hydrogen-bond donors (Lipinski definition) is 3. The van der Waals surface area contributed by atoms with Crippen molar-refractivity contribution < 1.29 is 5.11 Å². The van der Waals surface area contributed by atoms with Crippen molar-refractivity contribution in [2.75, 3.05) is 11.1 Å². The summed E-state index contributed by atoms with van der Waals surface area (Å²) in [5, 5.41) is 12.3. The van der Waals surface area contributed by atoms with Gasteiger partial charge in [0, 0.05) is 17.9 Å². The van der Waals surface area contributed by atoms with Gasteiger partial charge >= 0.3 is 0 Å². The minimum Gasteiger partial charge on any atom is -0.399 e. The predicted molar refractivity (Wildman–Crippen MR) is 70.5 cm³/mol. The Hall–Kier alpha value is -2.00. The summed E-state index contributed by atoms with van der Waals surface area (Å²) in [5.41, 5.74) is 9.49. The van der Waals surface area contributed by atoms with Gasteiger partial charge in [-0.05, 0) is 35.4 Å². The van der Waals surface area contributed by atoms with Gasteiger partial charge in [0.1, 0.15) is 0 Å². The molecule has 3 nitrogen and oxygen atoms in total. The van der Waals surface area contributed by atoms with Crippen molar-refractivity contribution in [3.05, 3.63) is 59.7 Å². The summed E-state index contributed by atoms with van der Waals surface area (Å²) in [7, 11) is 0. The van der Waals surface area contributed by atoms with Gasteiger partial charge in [0.25, 0.3) is 0 Å². The van der Waals surface area contributed by atoms with Crippen LogP contribution in [0.25, 0.3) is 0 Å². The molecule has 0 aliphatic heterocycles. The van der Waals surface area contributed by atoms with E-state index in [0.717, 1.165) is 29.0 Å². The standard InChI is InChI=1S/C14H16N2O/c15-13-4-6-14(7-5-13)16-9-11-2-1-3-12(8-11)10-17/h1-8,16-17H,9-10,15H2. The molecule has 0 amide bonds. The molecule has 4 N–H and O–H groups in total. The van der Waals surface area contributed by atoms with Crippen molar-refractivity contribution in [3.63, 3.8) is 0 Å². The molecule has 0 unspecified atom stereocenters. The lowest BCUT2D eigenvalue weighted by Gasteiger charge is -2.07. The Morgan fingerprint density at radius 2 is 1.71 bits per heavy atom. The molecule has 0 atom stereocenters. The van der Waals surface area contributed by atoms with E-state index >= 15 is 0 Å². The molecular weight excluding hydrogens is 212 g/mol. The van der Waals surface area contributed by atoms with E-state index in [-0.39, 0.29) is 6.61 Å². The Morgan fingerprint density at radius 1 is 1.00 bits per heavy atom. The average molecular weight is 228 g/mol. The molecule has 0 aliphatic rings. The van der Waals surface area contributed by atoms with Crippen LogP contribution in [-0.4, -0.2) is 5.11 Å². The van der Waals surface area contributed by atoms with Gasteiger partial charge in [-0.2, -0.15) is 0 Å². The third-order valence-electron chi connectivity index (χ3n) is 2.58. The Bertz CT molecular complexity index is 480.